The van der Waals surface area contributed by atoms with Crippen LogP contribution in [0.25, 0.3) is 21.5 Å². The summed E-state index contributed by atoms with van der Waals surface area (Å²) in [5, 5.41) is 12.0. The van der Waals surface area contributed by atoms with Gasteiger partial charge in [-0.3, -0.25) is 4.68 Å². The fourth-order valence-electron chi connectivity index (χ4n) is 3.37. The number of halogens is 3. The number of rotatable bonds is 5. The summed E-state index contributed by atoms with van der Waals surface area (Å²) >= 11 is 0.824. The van der Waals surface area contributed by atoms with E-state index in [1.165, 1.54) is 25.4 Å². The molecule has 0 aliphatic carbocycles. The number of fused-ring (bicyclic) bond motifs is 1. The molecule has 178 valence electrons. The van der Waals surface area contributed by atoms with Crippen molar-refractivity contribution < 1.29 is 21.6 Å². The van der Waals surface area contributed by atoms with Crippen molar-refractivity contribution in [3.63, 3.8) is 0 Å². The van der Waals surface area contributed by atoms with E-state index in [4.69, 9.17) is 11.5 Å². The molecule has 0 saturated heterocycles. The van der Waals surface area contributed by atoms with E-state index in [0.717, 1.165) is 21.4 Å². The third kappa shape index (κ3) is 4.17. The highest BCUT2D eigenvalue weighted by atomic mass is 32.2. The molecule has 0 atom stereocenters. The summed E-state index contributed by atoms with van der Waals surface area (Å²) < 4.78 is 68.1. The Morgan fingerprint density at radius 1 is 1.12 bits per heavy atom. The minimum absolute atomic E-state index is 0.0274. The molecule has 0 amide bonds. The molecule has 0 fully saturated rings. The first kappa shape index (κ1) is 23.5. The third-order valence-electron chi connectivity index (χ3n) is 4.90. The zero-order valence-corrected chi connectivity index (χ0v) is 19.4. The van der Waals surface area contributed by atoms with Gasteiger partial charge in [0.2, 0.25) is 5.96 Å². The SMILES string of the molecule is C/C(=N/N=C(N)N)c1cn(S(=O)(=O)c2ccc(-c3cc(C(F)(F)F)n(C)n3)s2)c2ccccc12. The fraction of sp³-hybridized carbons (Fsp3) is 0.150. The maximum atomic E-state index is 13.5. The Bertz CT molecular complexity index is 1560. The van der Waals surface area contributed by atoms with Gasteiger partial charge in [0.05, 0.1) is 16.1 Å². The van der Waals surface area contributed by atoms with E-state index in [0.29, 0.717) is 26.9 Å². The van der Waals surface area contributed by atoms with Gasteiger partial charge in [-0.1, -0.05) is 18.2 Å². The van der Waals surface area contributed by atoms with E-state index in [1.807, 2.05) is 0 Å². The average Bonchev–Trinajstić information content (AvgIpc) is 3.48. The molecule has 0 aliphatic heterocycles. The predicted molar refractivity (Wildman–Crippen MR) is 124 cm³/mol. The van der Waals surface area contributed by atoms with Crippen molar-refractivity contribution in [1.29, 1.82) is 0 Å². The van der Waals surface area contributed by atoms with Gasteiger partial charge in [0.15, 0.2) is 0 Å². The van der Waals surface area contributed by atoms with Crippen LogP contribution in [0.1, 0.15) is 18.2 Å². The molecule has 34 heavy (non-hydrogen) atoms. The maximum absolute atomic E-state index is 13.5. The van der Waals surface area contributed by atoms with Gasteiger partial charge in [-0.15, -0.1) is 16.4 Å². The quantitative estimate of drug-likeness (QED) is 0.242. The van der Waals surface area contributed by atoms with Crippen LogP contribution in [0.15, 0.2) is 63.1 Å². The lowest BCUT2D eigenvalue weighted by Crippen LogP contribution is -2.22. The van der Waals surface area contributed by atoms with Gasteiger partial charge in [0.1, 0.15) is 15.6 Å². The highest BCUT2D eigenvalue weighted by molar-refractivity contribution is 7.92. The molecule has 0 radical (unpaired) electrons. The van der Waals surface area contributed by atoms with Crippen molar-refractivity contribution in [2.75, 3.05) is 0 Å². The Morgan fingerprint density at radius 2 is 1.82 bits per heavy atom. The van der Waals surface area contributed by atoms with Crippen LogP contribution in [0.2, 0.25) is 0 Å². The molecule has 0 saturated carbocycles. The minimum atomic E-state index is -4.58. The van der Waals surface area contributed by atoms with Crippen LogP contribution >= 0.6 is 11.3 Å². The van der Waals surface area contributed by atoms with Crippen molar-refractivity contribution in [1.82, 2.24) is 13.8 Å². The summed E-state index contributed by atoms with van der Waals surface area (Å²) in [6, 6.07) is 10.5. The number of benzene rings is 1. The highest BCUT2D eigenvalue weighted by Gasteiger charge is 2.35. The number of nitrogens with two attached hydrogens (primary N) is 2. The number of thiophene rings is 1. The van der Waals surface area contributed by atoms with Crippen molar-refractivity contribution in [2.24, 2.45) is 28.7 Å². The molecule has 3 aromatic heterocycles. The Hall–Kier alpha value is -3.65. The third-order valence-corrected chi connectivity index (χ3v) is 8.15. The van der Waals surface area contributed by atoms with Crippen LogP contribution in [-0.2, 0) is 23.2 Å². The summed E-state index contributed by atoms with van der Waals surface area (Å²) in [7, 11) is -2.91. The Balaban J connectivity index is 1.80. The second-order valence-corrected chi connectivity index (χ2v) is 10.4. The first-order valence-electron chi connectivity index (χ1n) is 9.60. The molecule has 0 unspecified atom stereocenters. The van der Waals surface area contributed by atoms with Gasteiger partial charge in [0.25, 0.3) is 10.0 Å². The highest BCUT2D eigenvalue weighted by Crippen LogP contribution is 2.36. The van der Waals surface area contributed by atoms with Crippen LogP contribution in [-0.4, -0.2) is 33.8 Å². The normalized spacial score (nSPS) is 12.9. The zero-order chi connectivity index (χ0) is 24.8. The Labute approximate surface area is 195 Å². The van der Waals surface area contributed by atoms with Gasteiger partial charge in [-0.05, 0) is 31.2 Å². The fourth-order valence-corrected chi connectivity index (χ4v) is 6.09. The molecule has 4 N–H and O–H groups in total. The van der Waals surface area contributed by atoms with Crippen LogP contribution in [0.5, 0.6) is 0 Å². The van der Waals surface area contributed by atoms with Gasteiger partial charge < -0.3 is 11.5 Å². The molecular formula is C20H18F3N7O2S2. The van der Waals surface area contributed by atoms with Gasteiger partial charge >= 0.3 is 6.18 Å². The second kappa shape index (κ2) is 8.29. The minimum Gasteiger partial charge on any atom is -0.369 e. The first-order chi connectivity index (χ1) is 15.9. The predicted octanol–water partition coefficient (Wildman–Crippen LogP) is 3.36. The van der Waals surface area contributed by atoms with Gasteiger partial charge in [0, 0.05) is 24.2 Å². The molecule has 1 aromatic carbocycles. The molecule has 14 heteroatoms. The van der Waals surface area contributed by atoms with Crippen LogP contribution < -0.4 is 11.5 Å². The lowest BCUT2D eigenvalue weighted by atomic mass is 10.1. The Kier molecular flexibility index (Phi) is 5.73. The number of alkyl halides is 3. The number of aryl methyl sites for hydroxylation is 1. The molecular weight excluding hydrogens is 491 g/mol. The largest absolute Gasteiger partial charge is 0.433 e. The summed E-state index contributed by atoms with van der Waals surface area (Å²) in [6.07, 6.45) is -3.17. The van der Waals surface area contributed by atoms with Crippen LogP contribution in [0, 0.1) is 0 Å². The molecule has 3 heterocycles. The van der Waals surface area contributed by atoms with E-state index in [2.05, 4.69) is 15.3 Å². The van der Waals surface area contributed by atoms with E-state index < -0.39 is 21.9 Å². The molecule has 4 rings (SSSR count). The van der Waals surface area contributed by atoms with E-state index in [1.54, 1.807) is 31.2 Å². The van der Waals surface area contributed by atoms with Gasteiger partial charge in [-0.25, -0.2) is 3.97 Å². The number of hydrogen-bond acceptors (Lipinski definition) is 6. The smallest absolute Gasteiger partial charge is 0.369 e. The van der Waals surface area contributed by atoms with Gasteiger partial charge in [-0.2, -0.15) is 31.8 Å². The molecule has 0 bridgehead atoms. The number of aromatic nitrogens is 3. The monoisotopic (exact) mass is 509 g/mol. The summed E-state index contributed by atoms with van der Waals surface area (Å²) in [6.45, 7) is 1.63. The second-order valence-electron chi connectivity index (χ2n) is 7.23. The number of hydrogen-bond donors (Lipinski definition) is 2. The van der Waals surface area contributed by atoms with Crippen LogP contribution in [0.3, 0.4) is 0 Å². The topological polar surface area (TPSA) is 134 Å². The number of nitrogens with zero attached hydrogens (tertiary/aromatic N) is 5. The molecule has 9 nitrogen and oxygen atoms in total. The van der Waals surface area contributed by atoms with Crippen molar-refractivity contribution in [3.05, 3.63) is 59.9 Å². The zero-order valence-electron chi connectivity index (χ0n) is 17.8. The maximum Gasteiger partial charge on any atom is 0.433 e. The van der Waals surface area contributed by atoms with Crippen LogP contribution in [0.4, 0.5) is 13.2 Å². The average molecular weight is 510 g/mol. The van der Waals surface area contributed by atoms with Crippen molar-refractivity contribution >= 4 is 43.9 Å². The molecule has 0 aliphatic rings. The number of guanidine groups is 1. The lowest BCUT2D eigenvalue weighted by molar-refractivity contribution is -0.143. The molecule has 0 spiro atoms. The van der Waals surface area contributed by atoms with Crippen molar-refractivity contribution in [3.8, 4) is 10.6 Å². The van der Waals surface area contributed by atoms with E-state index >= 15 is 0 Å². The van der Waals surface area contributed by atoms with E-state index in [-0.39, 0.29) is 20.7 Å². The molecule has 4 aromatic rings. The van der Waals surface area contributed by atoms with Crippen molar-refractivity contribution in [2.45, 2.75) is 17.3 Å². The lowest BCUT2D eigenvalue weighted by Gasteiger charge is -2.04. The van der Waals surface area contributed by atoms with E-state index in [9.17, 15) is 21.6 Å². The summed E-state index contributed by atoms with van der Waals surface area (Å²) in [4.78, 5) is 0.284. The Morgan fingerprint density at radius 3 is 2.47 bits per heavy atom. The number of para-hydroxylation sites is 1. The standard InChI is InChI=1S/C20H18F3N7O2S2/c1-11(26-27-19(24)25)13-10-30(15-6-4-3-5-12(13)15)34(31,32)18-8-7-16(33-18)14-9-17(20(21,22)23)29(2)28-14/h3-10H,1-2H3,(H4,24,25,27)/b26-11-. The summed E-state index contributed by atoms with van der Waals surface area (Å²) in [5.41, 5.74) is 11.0. The first-order valence-corrected chi connectivity index (χ1v) is 11.9. The summed E-state index contributed by atoms with van der Waals surface area (Å²) in [5.74, 6) is -0.245.